The Labute approximate surface area is 196 Å². The molecule has 5 rings (SSSR count). The van der Waals surface area contributed by atoms with Crippen molar-refractivity contribution in [2.45, 2.75) is 18.0 Å². The minimum Gasteiger partial charge on any atom is -0.490 e. The number of benzene rings is 2. The van der Waals surface area contributed by atoms with Crippen LogP contribution in [0.5, 0.6) is 11.5 Å². The van der Waals surface area contributed by atoms with Crippen LogP contribution in [0.2, 0.25) is 0 Å². The van der Waals surface area contributed by atoms with Gasteiger partial charge < -0.3 is 9.47 Å². The maximum absolute atomic E-state index is 13.3. The van der Waals surface area contributed by atoms with Crippen molar-refractivity contribution in [1.82, 2.24) is 18.3 Å². The van der Waals surface area contributed by atoms with Gasteiger partial charge in [-0.05, 0) is 24.3 Å². The summed E-state index contributed by atoms with van der Waals surface area (Å²) < 4.78 is 41.9. The lowest BCUT2D eigenvalue weighted by Gasteiger charge is -2.34. The van der Waals surface area contributed by atoms with Gasteiger partial charge in [-0.15, -0.1) is 0 Å². The van der Waals surface area contributed by atoms with E-state index in [1.807, 2.05) is 4.90 Å². The van der Waals surface area contributed by atoms with Crippen LogP contribution >= 0.6 is 0 Å². The molecule has 1 aromatic heterocycles. The third-order valence-electron chi connectivity index (χ3n) is 6.28. The fourth-order valence-corrected chi connectivity index (χ4v) is 5.78. The minimum absolute atomic E-state index is 0.172. The SMILES string of the molecule is Cn1c(=O)c2ccccc2n(CN2CCN(S(=O)(=O)c3ccc4c(c3)OCCCO4)CC2)c1=O. The van der Waals surface area contributed by atoms with Gasteiger partial charge in [0.15, 0.2) is 11.5 Å². The Bertz CT molecular complexity index is 1450. The largest absolute Gasteiger partial charge is 0.490 e. The average Bonchev–Trinajstić information content (AvgIpc) is 3.10. The predicted octanol–water partition coefficient (Wildman–Crippen LogP) is 0.826. The molecule has 0 amide bonds. The summed E-state index contributed by atoms with van der Waals surface area (Å²) in [5, 5.41) is 0.472. The van der Waals surface area contributed by atoms with Gasteiger partial charge in [-0.25, -0.2) is 13.2 Å². The van der Waals surface area contributed by atoms with Gasteiger partial charge in [0.2, 0.25) is 10.0 Å². The summed E-state index contributed by atoms with van der Waals surface area (Å²) in [6, 6.07) is 11.7. The van der Waals surface area contributed by atoms with Crippen molar-refractivity contribution in [2.75, 3.05) is 39.4 Å². The predicted molar refractivity (Wildman–Crippen MR) is 126 cm³/mol. The lowest BCUT2D eigenvalue weighted by atomic mass is 10.2. The summed E-state index contributed by atoms with van der Waals surface area (Å²) in [7, 11) is -2.24. The Morgan fingerprint density at radius 3 is 2.38 bits per heavy atom. The molecule has 3 heterocycles. The average molecular weight is 487 g/mol. The lowest BCUT2D eigenvalue weighted by Crippen LogP contribution is -2.50. The third-order valence-corrected chi connectivity index (χ3v) is 8.17. The monoisotopic (exact) mass is 486 g/mol. The Morgan fingerprint density at radius 2 is 1.62 bits per heavy atom. The first kappa shape index (κ1) is 22.6. The van der Waals surface area contributed by atoms with Crippen LogP contribution in [0.15, 0.2) is 56.9 Å². The summed E-state index contributed by atoms with van der Waals surface area (Å²) in [6.07, 6.45) is 0.743. The van der Waals surface area contributed by atoms with Gasteiger partial charge in [-0.2, -0.15) is 4.31 Å². The van der Waals surface area contributed by atoms with E-state index >= 15 is 0 Å². The highest BCUT2D eigenvalue weighted by atomic mass is 32.2. The first-order valence-corrected chi connectivity index (χ1v) is 12.6. The molecule has 180 valence electrons. The molecule has 2 aromatic carbocycles. The standard InChI is InChI=1S/C23H26N4O6S/c1-24-22(28)18-5-2-3-6-19(18)27(23(24)29)16-25-9-11-26(12-10-25)34(30,31)17-7-8-20-21(15-17)33-14-4-13-32-20/h2-3,5-8,15H,4,9-14,16H2,1H3. The van der Waals surface area contributed by atoms with Crippen molar-refractivity contribution in [2.24, 2.45) is 7.05 Å². The van der Waals surface area contributed by atoms with Gasteiger partial charge >= 0.3 is 5.69 Å². The van der Waals surface area contributed by atoms with Gasteiger partial charge in [-0.1, -0.05) is 12.1 Å². The van der Waals surface area contributed by atoms with Crippen molar-refractivity contribution in [3.05, 3.63) is 63.3 Å². The molecule has 0 bridgehead atoms. The van der Waals surface area contributed by atoms with E-state index in [1.165, 1.54) is 17.4 Å². The number of fused-ring (bicyclic) bond motifs is 2. The zero-order chi connectivity index (χ0) is 23.9. The first-order chi connectivity index (χ1) is 16.4. The topological polar surface area (TPSA) is 103 Å². The van der Waals surface area contributed by atoms with Crippen LogP contribution in [0.25, 0.3) is 10.9 Å². The Balaban J connectivity index is 1.34. The van der Waals surface area contributed by atoms with Crippen LogP contribution in [0.1, 0.15) is 6.42 Å². The second-order valence-corrected chi connectivity index (χ2v) is 10.4. The molecule has 10 nitrogen and oxygen atoms in total. The van der Waals surface area contributed by atoms with Gasteiger partial charge in [0, 0.05) is 45.7 Å². The molecule has 34 heavy (non-hydrogen) atoms. The summed E-state index contributed by atoms with van der Waals surface area (Å²) in [4.78, 5) is 27.4. The molecule has 0 unspecified atom stereocenters. The number of hydrogen-bond donors (Lipinski definition) is 0. The Morgan fingerprint density at radius 1 is 0.912 bits per heavy atom. The molecule has 0 N–H and O–H groups in total. The molecule has 11 heteroatoms. The number of para-hydroxylation sites is 1. The van der Waals surface area contributed by atoms with Crippen molar-refractivity contribution in [3.8, 4) is 11.5 Å². The summed E-state index contributed by atoms with van der Waals surface area (Å²) in [6.45, 7) is 2.76. The third kappa shape index (κ3) is 3.99. The number of rotatable bonds is 4. The van der Waals surface area contributed by atoms with Crippen LogP contribution in [-0.2, 0) is 23.7 Å². The second-order valence-electron chi connectivity index (χ2n) is 8.41. The molecule has 0 atom stereocenters. The molecule has 1 fully saturated rings. The van der Waals surface area contributed by atoms with E-state index in [4.69, 9.17) is 9.47 Å². The van der Waals surface area contributed by atoms with Crippen LogP contribution < -0.4 is 20.7 Å². The molecule has 2 aliphatic rings. The van der Waals surface area contributed by atoms with Gasteiger partial charge in [0.25, 0.3) is 5.56 Å². The highest BCUT2D eigenvalue weighted by Crippen LogP contribution is 2.33. The molecular formula is C23H26N4O6S. The minimum atomic E-state index is -3.70. The van der Waals surface area contributed by atoms with Crippen molar-refractivity contribution in [3.63, 3.8) is 0 Å². The molecule has 0 radical (unpaired) electrons. The van der Waals surface area contributed by atoms with Gasteiger partial charge in [0.1, 0.15) is 0 Å². The van der Waals surface area contributed by atoms with E-state index < -0.39 is 15.7 Å². The molecule has 0 spiro atoms. The van der Waals surface area contributed by atoms with E-state index in [-0.39, 0.29) is 30.2 Å². The fourth-order valence-electron chi connectivity index (χ4n) is 4.34. The molecule has 3 aromatic rings. The van der Waals surface area contributed by atoms with Crippen molar-refractivity contribution in [1.29, 1.82) is 0 Å². The van der Waals surface area contributed by atoms with E-state index in [0.29, 0.717) is 48.7 Å². The smallest absolute Gasteiger partial charge is 0.332 e. The van der Waals surface area contributed by atoms with Gasteiger partial charge in [-0.3, -0.25) is 18.8 Å². The lowest BCUT2D eigenvalue weighted by molar-refractivity contribution is 0.151. The van der Waals surface area contributed by atoms with Crippen molar-refractivity contribution >= 4 is 20.9 Å². The quantitative estimate of drug-likeness (QED) is 0.538. The normalized spacial score (nSPS) is 17.6. The van der Waals surface area contributed by atoms with Crippen LogP contribution in [-0.4, -0.2) is 66.1 Å². The number of aromatic nitrogens is 2. The zero-order valence-corrected chi connectivity index (χ0v) is 19.7. The van der Waals surface area contributed by atoms with Crippen molar-refractivity contribution < 1.29 is 17.9 Å². The zero-order valence-electron chi connectivity index (χ0n) is 18.8. The Kier molecular flexibility index (Phi) is 5.92. The molecular weight excluding hydrogens is 460 g/mol. The van der Waals surface area contributed by atoms with E-state index in [0.717, 1.165) is 11.0 Å². The highest BCUT2D eigenvalue weighted by molar-refractivity contribution is 7.89. The summed E-state index contributed by atoms with van der Waals surface area (Å²) >= 11 is 0. The maximum Gasteiger partial charge on any atom is 0.332 e. The second kappa shape index (κ2) is 8.90. The molecule has 2 aliphatic heterocycles. The summed E-state index contributed by atoms with van der Waals surface area (Å²) in [5.74, 6) is 0.995. The van der Waals surface area contributed by atoms with E-state index in [9.17, 15) is 18.0 Å². The fraction of sp³-hybridized carbons (Fsp3) is 0.391. The van der Waals surface area contributed by atoms with Crippen LogP contribution in [0, 0.1) is 0 Å². The van der Waals surface area contributed by atoms with Crippen LogP contribution in [0.3, 0.4) is 0 Å². The number of sulfonamides is 1. The molecule has 0 aliphatic carbocycles. The summed E-state index contributed by atoms with van der Waals surface area (Å²) in [5.41, 5.74) is -0.160. The molecule has 1 saturated heterocycles. The van der Waals surface area contributed by atoms with Crippen LogP contribution in [0.4, 0.5) is 0 Å². The number of hydrogen-bond acceptors (Lipinski definition) is 7. The van der Waals surface area contributed by atoms with Gasteiger partial charge in [0.05, 0.1) is 35.7 Å². The number of nitrogens with zero attached hydrogens (tertiary/aromatic N) is 4. The molecule has 0 saturated carbocycles. The van der Waals surface area contributed by atoms with E-state index in [1.54, 1.807) is 41.0 Å². The van der Waals surface area contributed by atoms with E-state index in [2.05, 4.69) is 0 Å². The number of piperazine rings is 1. The number of ether oxygens (including phenoxy) is 2. The highest BCUT2D eigenvalue weighted by Gasteiger charge is 2.30. The Hall–Kier alpha value is -3.15. The maximum atomic E-state index is 13.3. The first-order valence-electron chi connectivity index (χ1n) is 11.2.